The molecule has 8 nitrogen and oxygen atoms in total. The summed E-state index contributed by atoms with van der Waals surface area (Å²) in [4.78, 5) is 40.7. The number of halogens is 1. The Bertz CT molecular complexity index is 793. The van der Waals surface area contributed by atoms with Crippen molar-refractivity contribution in [1.29, 1.82) is 0 Å². The van der Waals surface area contributed by atoms with E-state index in [-0.39, 0.29) is 25.6 Å². The van der Waals surface area contributed by atoms with Crippen LogP contribution in [-0.4, -0.2) is 72.2 Å². The molecule has 0 radical (unpaired) electrons. The average Bonchev–Trinajstić information content (AvgIpc) is 2.63. The van der Waals surface area contributed by atoms with E-state index in [0.29, 0.717) is 23.8 Å². The molecule has 9 heteroatoms. The van der Waals surface area contributed by atoms with Crippen LogP contribution in [0.1, 0.15) is 33.3 Å². The van der Waals surface area contributed by atoms with E-state index in [9.17, 15) is 14.4 Å². The number of anilines is 1. The molecule has 1 heterocycles. The molecular formula is C21H30ClN3O5. The van der Waals surface area contributed by atoms with Crippen molar-refractivity contribution in [2.45, 2.75) is 46.3 Å². The fraction of sp³-hybridized carbons (Fsp3) is 0.571. The second-order valence-electron chi connectivity index (χ2n) is 8.20. The predicted molar refractivity (Wildman–Crippen MR) is 115 cm³/mol. The van der Waals surface area contributed by atoms with E-state index in [2.05, 4.69) is 5.32 Å². The molecule has 0 aliphatic carbocycles. The quantitative estimate of drug-likeness (QED) is 0.709. The van der Waals surface area contributed by atoms with Crippen LogP contribution in [0.2, 0.25) is 5.02 Å². The number of rotatable bonds is 5. The summed E-state index contributed by atoms with van der Waals surface area (Å²) in [6, 6.07) is 4.59. The van der Waals surface area contributed by atoms with Crippen LogP contribution in [0.3, 0.4) is 0 Å². The van der Waals surface area contributed by atoms with Crippen LogP contribution in [0, 0.1) is 6.92 Å². The molecule has 166 valence electrons. The van der Waals surface area contributed by atoms with Crippen LogP contribution < -0.4 is 5.32 Å². The van der Waals surface area contributed by atoms with Gasteiger partial charge in [0.1, 0.15) is 11.6 Å². The third-order valence-corrected chi connectivity index (χ3v) is 4.76. The fourth-order valence-corrected chi connectivity index (χ4v) is 3.34. The standard InChI is InChI=1S/C21H30ClN3O5/c1-6-29-19(27)17-12-25(20(28)30-21(3,4)5)10-9-24(17)13-18(26)23-16-8-7-14(2)11-15(16)22/h7-8,11,17H,6,9-10,12-13H2,1-5H3,(H,23,26)/t17-/m0/s1. The lowest BCUT2D eigenvalue weighted by atomic mass is 10.1. The minimum absolute atomic E-state index is 0.0319. The lowest BCUT2D eigenvalue weighted by Crippen LogP contribution is -2.59. The molecule has 1 aliphatic heterocycles. The van der Waals surface area contributed by atoms with Crippen LogP contribution in [0.5, 0.6) is 0 Å². The van der Waals surface area contributed by atoms with Crippen molar-refractivity contribution in [2.75, 3.05) is 38.1 Å². The first-order chi connectivity index (χ1) is 14.0. The molecule has 1 atom stereocenters. The molecule has 0 aromatic heterocycles. The van der Waals surface area contributed by atoms with Crippen molar-refractivity contribution < 1.29 is 23.9 Å². The maximum atomic E-state index is 12.6. The summed E-state index contributed by atoms with van der Waals surface area (Å²) in [6.07, 6.45) is -0.493. The van der Waals surface area contributed by atoms with Gasteiger partial charge in [-0.25, -0.2) is 4.79 Å². The minimum atomic E-state index is -0.759. The molecule has 1 fully saturated rings. The molecule has 0 bridgehead atoms. The van der Waals surface area contributed by atoms with Gasteiger partial charge in [-0.1, -0.05) is 17.7 Å². The van der Waals surface area contributed by atoms with Crippen LogP contribution in [0.15, 0.2) is 18.2 Å². The zero-order chi connectivity index (χ0) is 22.5. The van der Waals surface area contributed by atoms with Gasteiger partial charge in [0.25, 0.3) is 0 Å². The molecule has 1 aromatic carbocycles. The first-order valence-electron chi connectivity index (χ1n) is 9.94. The number of aryl methyl sites for hydroxylation is 1. The van der Waals surface area contributed by atoms with E-state index in [0.717, 1.165) is 5.56 Å². The highest BCUT2D eigenvalue weighted by atomic mass is 35.5. The monoisotopic (exact) mass is 439 g/mol. The summed E-state index contributed by atoms with van der Waals surface area (Å²) >= 11 is 6.18. The summed E-state index contributed by atoms with van der Waals surface area (Å²) in [5.41, 5.74) is 0.854. The molecule has 1 N–H and O–H groups in total. The number of hydrogen-bond donors (Lipinski definition) is 1. The van der Waals surface area contributed by atoms with Crippen molar-refractivity contribution in [3.8, 4) is 0 Å². The van der Waals surface area contributed by atoms with Gasteiger partial charge in [-0.05, 0) is 52.3 Å². The summed E-state index contributed by atoms with van der Waals surface area (Å²) in [5, 5.41) is 3.22. The van der Waals surface area contributed by atoms with Gasteiger partial charge in [0, 0.05) is 13.1 Å². The molecule has 30 heavy (non-hydrogen) atoms. The normalized spacial score (nSPS) is 17.4. The van der Waals surface area contributed by atoms with Crippen LogP contribution >= 0.6 is 11.6 Å². The number of nitrogens with zero attached hydrogens (tertiary/aromatic N) is 2. The molecule has 0 saturated carbocycles. The summed E-state index contributed by atoms with van der Waals surface area (Å²) in [5.74, 6) is -0.785. The average molecular weight is 440 g/mol. The predicted octanol–water partition coefficient (Wildman–Crippen LogP) is 3.07. The minimum Gasteiger partial charge on any atom is -0.465 e. The first-order valence-corrected chi connectivity index (χ1v) is 10.3. The summed E-state index contributed by atoms with van der Waals surface area (Å²) in [7, 11) is 0. The van der Waals surface area contributed by atoms with Crippen molar-refractivity contribution in [3.05, 3.63) is 28.8 Å². The van der Waals surface area contributed by atoms with Gasteiger partial charge in [-0.2, -0.15) is 0 Å². The van der Waals surface area contributed by atoms with Crippen LogP contribution in [-0.2, 0) is 19.1 Å². The Morgan fingerprint density at radius 3 is 2.53 bits per heavy atom. The molecule has 1 aliphatic rings. The molecule has 0 unspecified atom stereocenters. The molecule has 1 saturated heterocycles. The SMILES string of the molecule is CCOC(=O)[C@@H]1CN(C(=O)OC(C)(C)C)CCN1CC(=O)Nc1ccc(C)cc1Cl. The molecule has 2 amide bonds. The van der Waals surface area contributed by atoms with Crippen molar-refractivity contribution in [1.82, 2.24) is 9.80 Å². The van der Waals surface area contributed by atoms with Crippen molar-refractivity contribution in [3.63, 3.8) is 0 Å². The number of amides is 2. The second kappa shape index (κ2) is 10.1. The topological polar surface area (TPSA) is 88.2 Å². The van der Waals surface area contributed by atoms with Gasteiger partial charge < -0.3 is 19.7 Å². The number of nitrogens with one attached hydrogen (secondary N) is 1. The van der Waals surface area contributed by atoms with Crippen LogP contribution in [0.25, 0.3) is 0 Å². The highest BCUT2D eigenvalue weighted by molar-refractivity contribution is 6.33. The molecule has 1 aromatic rings. The van der Waals surface area contributed by atoms with E-state index in [1.807, 2.05) is 13.0 Å². The lowest BCUT2D eigenvalue weighted by Gasteiger charge is -2.39. The zero-order valence-corrected chi connectivity index (χ0v) is 18.9. The second-order valence-corrected chi connectivity index (χ2v) is 8.60. The van der Waals surface area contributed by atoms with E-state index in [1.165, 1.54) is 4.90 Å². The Hall–Kier alpha value is -2.32. The van der Waals surface area contributed by atoms with Gasteiger partial charge in [0.15, 0.2) is 0 Å². The highest BCUT2D eigenvalue weighted by Gasteiger charge is 2.37. The molecule has 0 spiro atoms. The number of piperazine rings is 1. The Morgan fingerprint density at radius 1 is 1.23 bits per heavy atom. The van der Waals surface area contributed by atoms with Gasteiger partial charge >= 0.3 is 12.1 Å². The fourth-order valence-electron chi connectivity index (χ4n) is 3.06. The molecular weight excluding hydrogens is 410 g/mol. The third kappa shape index (κ3) is 6.88. The number of esters is 1. The van der Waals surface area contributed by atoms with Gasteiger partial charge in [-0.15, -0.1) is 0 Å². The number of ether oxygens (including phenoxy) is 2. The molecule has 2 rings (SSSR count). The summed E-state index contributed by atoms with van der Waals surface area (Å²) < 4.78 is 10.6. The van der Waals surface area contributed by atoms with Gasteiger partial charge in [-0.3, -0.25) is 14.5 Å². The summed E-state index contributed by atoms with van der Waals surface area (Å²) in [6.45, 7) is 9.90. The van der Waals surface area contributed by atoms with Gasteiger partial charge in [0.05, 0.1) is 30.4 Å². The zero-order valence-electron chi connectivity index (χ0n) is 18.2. The van der Waals surface area contributed by atoms with Crippen molar-refractivity contribution in [2.24, 2.45) is 0 Å². The lowest BCUT2D eigenvalue weighted by molar-refractivity contribution is -0.152. The van der Waals surface area contributed by atoms with E-state index in [1.54, 1.807) is 44.7 Å². The number of carbonyl (C=O) groups is 3. The number of benzene rings is 1. The van der Waals surface area contributed by atoms with E-state index >= 15 is 0 Å². The number of carbonyl (C=O) groups excluding carboxylic acids is 3. The maximum absolute atomic E-state index is 12.6. The Balaban J connectivity index is 2.07. The van der Waals surface area contributed by atoms with Crippen molar-refractivity contribution >= 4 is 35.3 Å². The smallest absolute Gasteiger partial charge is 0.410 e. The highest BCUT2D eigenvalue weighted by Crippen LogP contribution is 2.23. The Kier molecular flexibility index (Phi) is 8.09. The number of hydrogen-bond acceptors (Lipinski definition) is 6. The van der Waals surface area contributed by atoms with Crippen LogP contribution in [0.4, 0.5) is 10.5 Å². The largest absolute Gasteiger partial charge is 0.465 e. The Labute approximate surface area is 182 Å². The van der Waals surface area contributed by atoms with E-state index < -0.39 is 23.7 Å². The Morgan fingerprint density at radius 2 is 1.93 bits per heavy atom. The van der Waals surface area contributed by atoms with Gasteiger partial charge in [0.2, 0.25) is 5.91 Å². The van der Waals surface area contributed by atoms with E-state index in [4.69, 9.17) is 21.1 Å². The first kappa shape index (κ1) is 24.0. The maximum Gasteiger partial charge on any atom is 0.410 e. The third-order valence-electron chi connectivity index (χ3n) is 4.45.